The number of rotatable bonds is 6. The molecule has 0 aromatic carbocycles. The van der Waals surface area contributed by atoms with Gasteiger partial charge in [0.1, 0.15) is 0 Å². The molecule has 0 spiro atoms. The van der Waals surface area contributed by atoms with E-state index in [0.29, 0.717) is 18.9 Å². The minimum atomic E-state index is 0.0954. The quantitative estimate of drug-likeness (QED) is 0.569. The van der Waals surface area contributed by atoms with E-state index < -0.39 is 0 Å². The number of carbonyl (C=O) groups is 1. The van der Waals surface area contributed by atoms with Gasteiger partial charge in [-0.2, -0.15) is 0 Å². The normalized spacial score (nSPS) is 19.6. The molecule has 0 bridgehead atoms. The first-order valence-electron chi connectivity index (χ1n) is 7.13. The third-order valence-electron chi connectivity index (χ3n) is 3.57. The molecule has 3 heteroatoms. The monoisotopic (exact) mass is 259 g/mol. The number of nitrogens with one attached hydrogen (secondary N) is 1. The summed E-state index contributed by atoms with van der Waals surface area (Å²) in [6, 6.07) is 0. The molecule has 1 fully saturated rings. The van der Waals surface area contributed by atoms with Gasteiger partial charge in [0, 0.05) is 13.0 Å². The van der Waals surface area contributed by atoms with Crippen molar-refractivity contribution < 1.29 is 4.79 Å². The Bertz CT molecular complexity index is 212. The molecule has 1 N–H and O–H groups in total. The highest BCUT2D eigenvalue weighted by Gasteiger charge is 2.16. The lowest BCUT2D eigenvalue weighted by Gasteiger charge is -2.15. The van der Waals surface area contributed by atoms with Crippen LogP contribution in [-0.2, 0) is 4.79 Å². The van der Waals surface area contributed by atoms with Gasteiger partial charge in [0.2, 0.25) is 5.91 Å². The second-order valence-electron chi connectivity index (χ2n) is 5.25. The fourth-order valence-electron chi connectivity index (χ4n) is 2.54. The van der Waals surface area contributed by atoms with Crippen LogP contribution in [0.25, 0.3) is 0 Å². The van der Waals surface area contributed by atoms with Crippen molar-refractivity contribution in [2.75, 3.05) is 6.54 Å². The lowest BCUT2D eigenvalue weighted by Crippen LogP contribution is -2.31. The fraction of sp³-hybridized carbons (Fsp3) is 0.929. The Morgan fingerprint density at radius 1 is 1.29 bits per heavy atom. The molecule has 0 aliphatic heterocycles. The van der Waals surface area contributed by atoms with E-state index in [0.717, 1.165) is 12.8 Å². The van der Waals surface area contributed by atoms with Gasteiger partial charge in [-0.15, -0.1) is 11.6 Å². The first kappa shape index (κ1) is 14.8. The number of alkyl halides is 1. The molecule has 1 aliphatic carbocycles. The maximum absolute atomic E-state index is 11.8. The maximum Gasteiger partial charge on any atom is 0.220 e. The van der Waals surface area contributed by atoms with E-state index in [1.807, 2.05) is 0 Å². The maximum atomic E-state index is 11.8. The van der Waals surface area contributed by atoms with Crippen LogP contribution in [0.5, 0.6) is 0 Å². The first-order valence-corrected chi connectivity index (χ1v) is 7.56. The topological polar surface area (TPSA) is 29.1 Å². The Kier molecular flexibility index (Phi) is 7.67. The average Bonchev–Trinajstić information content (AvgIpc) is 2.55. The Labute approximate surface area is 110 Å². The zero-order valence-electron chi connectivity index (χ0n) is 11.0. The molecule has 1 rings (SSSR count). The largest absolute Gasteiger partial charge is 0.355 e. The summed E-state index contributed by atoms with van der Waals surface area (Å²) in [5, 5.41) is 3.06. The predicted octanol–water partition coefficient (Wildman–Crippen LogP) is 3.87. The van der Waals surface area contributed by atoms with Crippen molar-refractivity contribution >= 4 is 17.5 Å². The molecule has 1 amide bonds. The second-order valence-corrected chi connectivity index (χ2v) is 5.87. The van der Waals surface area contributed by atoms with Crippen molar-refractivity contribution in [3.8, 4) is 0 Å². The lowest BCUT2D eigenvalue weighted by atomic mass is 9.96. The molecule has 100 valence electrons. The second kappa shape index (κ2) is 8.79. The Balaban J connectivity index is 2.14. The van der Waals surface area contributed by atoms with Crippen LogP contribution >= 0.6 is 11.6 Å². The molecule has 2 nitrogen and oxygen atoms in total. The summed E-state index contributed by atoms with van der Waals surface area (Å²) in [7, 11) is 0. The van der Waals surface area contributed by atoms with Crippen LogP contribution in [0.1, 0.15) is 64.7 Å². The number of carbonyl (C=O) groups excluding carboxylic acids is 1. The highest BCUT2D eigenvalue weighted by molar-refractivity contribution is 6.20. The molecular formula is C14H26ClNO. The summed E-state index contributed by atoms with van der Waals surface area (Å²) in [6.07, 6.45) is 10.5. The van der Waals surface area contributed by atoms with E-state index >= 15 is 0 Å². The van der Waals surface area contributed by atoms with E-state index in [-0.39, 0.29) is 11.3 Å². The van der Waals surface area contributed by atoms with Crippen LogP contribution in [-0.4, -0.2) is 17.8 Å². The molecule has 0 aromatic rings. The van der Waals surface area contributed by atoms with Crippen molar-refractivity contribution in [2.24, 2.45) is 5.92 Å². The van der Waals surface area contributed by atoms with Gasteiger partial charge in [-0.1, -0.05) is 39.0 Å². The minimum absolute atomic E-state index is 0.0954. The van der Waals surface area contributed by atoms with Crippen LogP contribution in [0.2, 0.25) is 0 Å². The lowest BCUT2D eigenvalue weighted by molar-refractivity contribution is -0.122. The molecular weight excluding hydrogens is 234 g/mol. The Morgan fingerprint density at radius 2 is 1.94 bits per heavy atom. The molecule has 0 aromatic heterocycles. The summed E-state index contributed by atoms with van der Waals surface area (Å²) in [5.41, 5.74) is 0. The smallest absolute Gasteiger partial charge is 0.220 e. The zero-order chi connectivity index (χ0) is 12.5. The van der Waals surface area contributed by atoms with E-state index in [4.69, 9.17) is 11.6 Å². The average molecular weight is 260 g/mol. The van der Waals surface area contributed by atoms with Crippen molar-refractivity contribution in [3.63, 3.8) is 0 Å². The third-order valence-corrected chi connectivity index (χ3v) is 3.94. The summed E-state index contributed by atoms with van der Waals surface area (Å²) in [4.78, 5) is 11.8. The standard InChI is InChI=1S/C14H26ClNO/c1-2-7-13(15)11-16-14(17)10-12-8-5-3-4-6-9-12/h12-13H,2-11H2,1H3,(H,16,17). The molecule has 1 atom stereocenters. The van der Waals surface area contributed by atoms with Crippen molar-refractivity contribution in [1.82, 2.24) is 5.32 Å². The van der Waals surface area contributed by atoms with Gasteiger partial charge in [-0.05, 0) is 25.2 Å². The number of hydrogen-bond donors (Lipinski definition) is 1. The number of amides is 1. The van der Waals surface area contributed by atoms with Crippen molar-refractivity contribution in [3.05, 3.63) is 0 Å². The van der Waals surface area contributed by atoms with Crippen LogP contribution in [0.3, 0.4) is 0 Å². The molecule has 0 heterocycles. The molecule has 1 aliphatic rings. The van der Waals surface area contributed by atoms with Crippen LogP contribution in [0.15, 0.2) is 0 Å². The highest BCUT2D eigenvalue weighted by atomic mass is 35.5. The third kappa shape index (κ3) is 6.92. The number of halogens is 1. The fourth-order valence-corrected chi connectivity index (χ4v) is 2.84. The summed E-state index contributed by atoms with van der Waals surface area (Å²) >= 11 is 6.08. The van der Waals surface area contributed by atoms with E-state index in [2.05, 4.69) is 12.2 Å². The summed E-state index contributed by atoms with van der Waals surface area (Å²) < 4.78 is 0. The van der Waals surface area contributed by atoms with Crippen molar-refractivity contribution in [2.45, 2.75) is 70.1 Å². The van der Waals surface area contributed by atoms with E-state index in [1.165, 1.54) is 38.5 Å². The predicted molar refractivity (Wildman–Crippen MR) is 73.4 cm³/mol. The molecule has 0 saturated heterocycles. The van der Waals surface area contributed by atoms with Gasteiger partial charge in [0.25, 0.3) is 0 Å². The van der Waals surface area contributed by atoms with Gasteiger partial charge in [0.05, 0.1) is 5.38 Å². The number of hydrogen-bond acceptors (Lipinski definition) is 1. The summed E-state index contributed by atoms with van der Waals surface area (Å²) in [6.45, 7) is 2.74. The Morgan fingerprint density at radius 3 is 2.53 bits per heavy atom. The first-order chi connectivity index (χ1) is 8.22. The summed E-state index contributed by atoms with van der Waals surface area (Å²) in [5.74, 6) is 0.802. The van der Waals surface area contributed by atoms with Crippen LogP contribution < -0.4 is 5.32 Å². The van der Waals surface area contributed by atoms with Gasteiger partial charge in [0.15, 0.2) is 0 Å². The zero-order valence-corrected chi connectivity index (χ0v) is 11.8. The molecule has 1 saturated carbocycles. The molecule has 17 heavy (non-hydrogen) atoms. The minimum Gasteiger partial charge on any atom is -0.355 e. The van der Waals surface area contributed by atoms with Crippen LogP contribution in [0.4, 0.5) is 0 Å². The molecule has 0 radical (unpaired) electrons. The Hall–Kier alpha value is -0.240. The SMILES string of the molecule is CCCC(Cl)CNC(=O)CC1CCCCCC1. The van der Waals surface area contributed by atoms with Gasteiger partial charge >= 0.3 is 0 Å². The van der Waals surface area contributed by atoms with E-state index in [9.17, 15) is 4.79 Å². The highest BCUT2D eigenvalue weighted by Crippen LogP contribution is 2.25. The van der Waals surface area contributed by atoms with Gasteiger partial charge < -0.3 is 5.32 Å². The van der Waals surface area contributed by atoms with Gasteiger partial charge in [-0.3, -0.25) is 4.79 Å². The van der Waals surface area contributed by atoms with E-state index in [1.54, 1.807) is 0 Å². The van der Waals surface area contributed by atoms with Crippen LogP contribution in [0, 0.1) is 5.92 Å². The van der Waals surface area contributed by atoms with Crippen molar-refractivity contribution in [1.29, 1.82) is 0 Å². The molecule has 1 unspecified atom stereocenters. The van der Waals surface area contributed by atoms with Gasteiger partial charge in [-0.25, -0.2) is 0 Å².